The van der Waals surface area contributed by atoms with Crippen molar-refractivity contribution < 1.29 is 9.53 Å². The van der Waals surface area contributed by atoms with Crippen molar-refractivity contribution in [2.75, 3.05) is 11.9 Å². The largest absolute Gasteiger partial charge is 0.462 e. The van der Waals surface area contributed by atoms with Gasteiger partial charge in [-0.3, -0.25) is 4.79 Å². The first kappa shape index (κ1) is 13.1. The van der Waals surface area contributed by atoms with Gasteiger partial charge in [0.2, 0.25) is 0 Å². The molecular formula is C11H13Cl2NO2. The minimum absolute atomic E-state index is 0.107. The van der Waals surface area contributed by atoms with Crippen LogP contribution in [-0.4, -0.2) is 18.6 Å². The summed E-state index contributed by atoms with van der Waals surface area (Å²) >= 11 is 11.6. The minimum Gasteiger partial charge on any atom is -0.462 e. The number of benzene rings is 1. The normalized spacial score (nSPS) is 10.3. The SMILES string of the molecule is CC(C)OC(=O)CNc1ccc(Cl)c(Cl)c1. The molecule has 3 nitrogen and oxygen atoms in total. The molecule has 0 aliphatic heterocycles. The zero-order chi connectivity index (χ0) is 12.1. The number of rotatable bonds is 4. The Labute approximate surface area is 105 Å². The van der Waals surface area contributed by atoms with Gasteiger partial charge in [-0.15, -0.1) is 0 Å². The molecule has 0 aliphatic rings. The van der Waals surface area contributed by atoms with Gasteiger partial charge < -0.3 is 10.1 Å². The van der Waals surface area contributed by atoms with Gasteiger partial charge in [0.25, 0.3) is 0 Å². The van der Waals surface area contributed by atoms with Crippen LogP contribution in [0.25, 0.3) is 0 Å². The van der Waals surface area contributed by atoms with Crippen LogP contribution in [0.2, 0.25) is 10.0 Å². The summed E-state index contributed by atoms with van der Waals surface area (Å²) in [6.45, 7) is 3.71. The number of hydrogen-bond donors (Lipinski definition) is 1. The van der Waals surface area contributed by atoms with Crippen LogP contribution in [0.5, 0.6) is 0 Å². The van der Waals surface area contributed by atoms with Gasteiger partial charge in [0.1, 0.15) is 6.54 Å². The van der Waals surface area contributed by atoms with Crippen molar-refractivity contribution in [3.8, 4) is 0 Å². The molecule has 0 amide bonds. The number of carbonyl (C=O) groups is 1. The summed E-state index contributed by atoms with van der Waals surface area (Å²) in [5, 5.41) is 3.83. The standard InChI is InChI=1S/C11H13Cl2NO2/c1-7(2)16-11(15)6-14-8-3-4-9(12)10(13)5-8/h3-5,7,14H,6H2,1-2H3. The lowest BCUT2D eigenvalue weighted by Gasteiger charge is -2.09. The highest BCUT2D eigenvalue weighted by Gasteiger charge is 2.05. The van der Waals surface area contributed by atoms with Crippen molar-refractivity contribution in [3.05, 3.63) is 28.2 Å². The summed E-state index contributed by atoms with van der Waals surface area (Å²) < 4.78 is 4.97. The quantitative estimate of drug-likeness (QED) is 0.845. The smallest absolute Gasteiger partial charge is 0.325 e. The third-order valence-electron chi connectivity index (χ3n) is 1.72. The summed E-state index contributed by atoms with van der Waals surface area (Å²) in [5.41, 5.74) is 0.732. The fraction of sp³-hybridized carbons (Fsp3) is 0.364. The summed E-state index contributed by atoms with van der Waals surface area (Å²) in [6, 6.07) is 5.07. The lowest BCUT2D eigenvalue weighted by atomic mass is 10.3. The third kappa shape index (κ3) is 4.29. The second-order valence-electron chi connectivity index (χ2n) is 3.52. The van der Waals surface area contributed by atoms with Gasteiger partial charge in [-0.1, -0.05) is 23.2 Å². The van der Waals surface area contributed by atoms with Gasteiger partial charge in [0, 0.05) is 5.69 Å². The lowest BCUT2D eigenvalue weighted by Crippen LogP contribution is -2.20. The van der Waals surface area contributed by atoms with Crippen LogP contribution in [0.1, 0.15) is 13.8 Å². The van der Waals surface area contributed by atoms with Gasteiger partial charge in [0.05, 0.1) is 16.1 Å². The van der Waals surface area contributed by atoms with Crippen LogP contribution in [0.4, 0.5) is 5.69 Å². The van der Waals surface area contributed by atoms with Crippen molar-refractivity contribution in [3.63, 3.8) is 0 Å². The maximum Gasteiger partial charge on any atom is 0.325 e. The maximum atomic E-state index is 11.2. The Bertz CT molecular complexity index is 380. The van der Waals surface area contributed by atoms with Crippen molar-refractivity contribution >= 4 is 34.9 Å². The lowest BCUT2D eigenvalue weighted by molar-refractivity contribution is -0.145. The van der Waals surface area contributed by atoms with Crippen LogP contribution < -0.4 is 5.32 Å². The Balaban J connectivity index is 2.48. The van der Waals surface area contributed by atoms with Crippen molar-refractivity contribution in [2.45, 2.75) is 20.0 Å². The molecule has 0 heterocycles. The number of ether oxygens (including phenoxy) is 1. The average molecular weight is 262 g/mol. The number of carbonyl (C=O) groups excluding carboxylic acids is 1. The molecule has 0 fully saturated rings. The van der Waals surface area contributed by atoms with E-state index < -0.39 is 0 Å². The molecule has 0 radical (unpaired) electrons. The van der Waals surface area contributed by atoms with Gasteiger partial charge in [-0.05, 0) is 32.0 Å². The highest BCUT2D eigenvalue weighted by molar-refractivity contribution is 6.42. The highest BCUT2D eigenvalue weighted by atomic mass is 35.5. The van der Waals surface area contributed by atoms with E-state index in [0.717, 1.165) is 5.69 Å². The number of anilines is 1. The predicted octanol–water partition coefficient (Wildman–Crippen LogP) is 3.36. The molecule has 0 saturated heterocycles. The molecule has 1 N–H and O–H groups in total. The van der Waals surface area contributed by atoms with Crippen LogP contribution in [-0.2, 0) is 9.53 Å². The van der Waals surface area contributed by atoms with E-state index in [2.05, 4.69) is 5.32 Å². The molecule has 1 aromatic carbocycles. The van der Waals surface area contributed by atoms with E-state index >= 15 is 0 Å². The van der Waals surface area contributed by atoms with E-state index in [1.165, 1.54) is 0 Å². The van der Waals surface area contributed by atoms with Gasteiger partial charge in [0.15, 0.2) is 0 Å². The fourth-order valence-corrected chi connectivity index (χ4v) is 1.38. The molecule has 88 valence electrons. The van der Waals surface area contributed by atoms with Crippen molar-refractivity contribution in [1.29, 1.82) is 0 Å². The molecule has 1 aromatic rings. The molecule has 0 bridgehead atoms. The molecule has 0 spiro atoms. The topological polar surface area (TPSA) is 38.3 Å². The number of nitrogens with one attached hydrogen (secondary N) is 1. The average Bonchev–Trinajstić information content (AvgIpc) is 2.19. The Morgan fingerprint density at radius 3 is 2.62 bits per heavy atom. The van der Waals surface area contributed by atoms with Gasteiger partial charge in [-0.2, -0.15) is 0 Å². The highest BCUT2D eigenvalue weighted by Crippen LogP contribution is 2.24. The molecule has 0 saturated carbocycles. The Hall–Kier alpha value is -0.930. The van der Waals surface area contributed by atoms with Gasteiger partial charge >= 0.3 is 5.97 Å². The molecule has 5 heteroatoms. The Morgan fingerprint density at radius 2 is 2.06 bits per heavy atom. The first-order chi connectivity index (χ1) is 7.49. The number of halogens is 2. The van der Waals surface area contributed by atoms with Crippen molar-refractivity contribution in [2.24, 2.45) is 0 Å². The first-order valence-electron chi connectivity index (χ1n) is 4.87. The second-order valence-corrected chi connectivity index (χ2v) is 4.34. The van der Waals surface area contributed by atoms with E-state index in [4.69, 9.17) is 27.9 Å². The summed E-state index contributed by atoms with van der Waals surface area (Å²) in [6.07, 6.45) is -0.108. The van der Waals surface area contributed by atoms with Crippen LogP contribution in [0, 0.1) is 0 Å². The molecule has 1 rings (SSSR count). The molecule has 0 atom stereocenters. The predicted molar refractivity (Wildman–Crippen MR) is 66.2 cm³/mol. The van der Waals surface area contributed by atoms with Crippen LogP contribution >= 0.6 is 23.2 Å². The third-order valence-corrected chi connectivity index (χ3v) is 2.46. The zero-order valence-electron chi connectivity index (χ0n) is 9.09. The molecule has 0 aromatic heterocycles. The van der Waals surface area contributed by atoms with Crippen LogP contribution in [0.15, 0.2) is 18.2 Å². The second kappa shape index (κ2) is 5.97. The molecule has 16 heavy (non-hydrogen) atoms. The summed E-state index contributed by atoms with van der Waals surface area (Å²) in [7, 11) is 0. The monoisotopic (exact) mass is 261 g/mol. The Kier molecular flexibility index (Phi) is 4.90. The van der Waals surface area contributed by atoms with E-state index in [1.807, 2.05) is 0 Å². The number of hydrogen-bond acceptors (Lipinski definition) is 3. The first-order valence-corrected chi connectivity index (χ1v) is 5.63. The fourth-order valence-electron chi connectivity index (χ4n) is 1.08. The minimum atomic E-state index is -0.305. The van der Waals surface area contributed by atoms with E-state index in [-0.39, 0.29) is 18.6 Å². The summed E-state index contributed by atoms with van der Waals surface area (Å²) in [5.74, 6) is -0.305. The van der Waals surface area contributed by atoms with E-state index in [1.54, 1.807) is 32.0 Å². The number of esters is 1. The maximum absolute atomic E-state index is 11.2. The Morgan fingerprint density at radius 1 is 1.38 bits per heavy atom. The zero-order valence-corrected chi connectivity index (χ0v) is 10.6. The van der Waals surface area contributed by atoms with Crippen molar-refractivity contribution in [1.82, 2.24) is 0 Å². The van der Waals surface area contributed by atoms with E-state index in [9.17, 15) is 4.79 Å². The van der Waals surface area contributed by atoms with Gasteiger partial charge in [-0.25, -0.2) is 0 Å². The molecule has 0 aliphatic carbocycles. The summed E-state index contributed by atoms with van der Waals surface area (Å²) in [4.78, 5) is 11.2. The molecular weight excluding hydrogens is 249 g/mol. The molecule has 0 unspecified atom stereocenters. The van der Waals surface area contributed by atoms with Crippen LogP contribution in [0.3, 0.4) is 0 Å². The van der Waals surface area contributed by atoms with E-state index in [0.29, 0.717) is 10.0 Å².